The van der Waals surface area contributed by atoms with Gasteiger partial charge in [-0.15, -0.1) is 0 Å². The Labute approximate surface area is 525 Å². The average molecular weight is 1210 g/mol. The van der Waals surface area contributed by atoms with Crippen molar-refractivity contribution in [2.75, 3.05) is 78.8 Å². The minimum atomic E-state index is -0.336. The van der Waals surface area contributed by atoms with E-state index in [2.05, 4.69) is 153 Å². The van der Waals surface area contributed by atoms with Crippen molar-refractivity contribution in [2.24, 2.45) is 0 Å². The Morgan fingerprint density at radius 1 is 0.295 bits per heavy atom. The molecular weight excluding hydrogens is 1100 g/mol. The zero-order valence-corrected chi connectivity index (χ0v) is 55.5. The monoisotopic (exact) mass is 1210 g/mol. The summed E-state index contributed by atoms with van der Waals surface area (Å²) in [6.07, 6.45) is 13.9. The van der Waals surface area contributed by atoms with Gasteiger partial charge < -0.3 is 18.9 Å². The van der Waals surface area contributed by atoms with E-state index in [0.717, 1.165) is 196 Å². The van der Waals surface area contributed by atoms with E-state index in [1.807, 2.05) is 20.0 Å². The normalized spacial score (nSPS) is 17.8. The van der Waals surface area contributed by atoms with E-state index in [0.29, 0.717) is 48.7 Å². The molecule has 0 spiro atoms. The number of hydrazine groups is 4. The van der Waals surface area contributed by atoms with Gasteiger partial charge in [-0.2, -0.15) is 0 Å². The molecule has 1 aliphatic carbocycles. The molecular formula is C72H104N8O8. The molecule has 16 heteroatoms. The van der Waals surface area contributed by atoms with Crippen molar-refractivity contribution in [1.29, 1.82) is 0 Å². The van der Waals surface area contributed by atoms with Crippen molar-refractivity contribution in [2.45, 2.75) is 207 Å². The van der Waals surface area contributed by atoms with Crippen LogP contribution in [0.2, 0.25) is 0 Å². The van der Waals surface area contributed by atoms with Crippen LogP contribution in [-0.4, -0.2) is 122 Å². The summed E-state index contributed by atoms with van der Waals surface area (Å²) in [5.41, 5.74) is 22.4. The van der Waals surface area contributed by atoms with Gasteiger partial charge in [-0.1, -0.05) is 157 Å². The Balaban J connectivity index is 1.30. The van der Waals surface area contributed by atoms with Gasteiger partial charge in [-0.25, -0.2) is 20.0 Å². The molecule has 4 heterocycles. The first-order valence-corrected chi connectivity index (χ1v) is 33.1. The lowest BCUT2D eigenvalue weighted by molar-refractivity contribution is -0.129. The summed E-state index contributed by atoms with van der Waals surface area (Å²) in [5, 5.41) is 8.00. The van der Waals surface area contributed by atoms with Crippen LogP contribution in [0.1, 0.15) is 227 Å². The van der Waals surface area contributed by atoms with Crippen molar-refractivity contribution in [3.8, 4) is 23.0 Å². The molecule has 4 fully saturated rings. The highest BCUT2D eigenvalue weighted by Gasteiger charge is 2.31. The van der Waals surface area contributed by atoms with Gasteiger partial charge in [0.05, 0.1) is 0 Å². The number of ether oxygens (including phenoxy) is 4. The Morgan fingerprint density at radius 2 is 0.455 bits per heavy atom. The van der Waals surface area contributed by atoms with Crippen molar-refractivity contribution in [1.82, 2.24) is 41.7 Å². The van der Waals surface area contributed by atoms with E-state index in [-0.39, 0.29) is 71.7 Å². The largest absolute Gasteiger partial charge is 0.483 e. The van der Waals surface area contributed by atoms with Crippen molar-refractivity contribution in [3.05, 3.63) is 115 Å². The number of hydrogen-bond donors (Lipinski definition) is 4. The molecule has 0 atom stereocenters. The number of nitrogens with one attached hydrogen (secondary N) is 4. The minimum absolute atomic E-state index is 0.227. The number of carbonyl (C=O) groups excluding carboxylic acids is 4. The molecule has 88 heavy (non-hydrogen) atoms. The molecule has 4 saturated heterocycles. The number of rotatable bonds is 16. The number of benzene rings is 4. The molecule has 8 bridgehead atoms. The fourth-order valence-electron chi connectivity index (χ4n) is 12.8. The number of hydrogen-bond acceptors (Lipinski definition) is 12. The number of fused-ring (bicyclic) bond motifs is 8. The maximum Gasteiger partial charge on any atom is 0.272 e. The molecule has 9 rings (SSSR count). The van der Waals surface area contributed by atoms with E-state index in [9.17, 15) is 19.2 Å². The third kappa shape index (κ3) is 18.0. The number of piperidine rings is 4. The van der Waals surface area contributed by atoms with Gasteiger partial charge in [0.15, 0.2) is 26.4 Å². The fraction of sp³-hybridized carbons (Fsp3) is 0.611. The highest BCUT2D eigenvalue weighted by molar-refractivity contribution is 5.79. The number of nitrogens with zero attached hydrogens (tertiary/aromatic N) is 4. The molecule has 4 amide bonds. The highest BCUT2D eigenvalue weighted by atomic mass is 16.5. The van der Waals surface area contributed by atoms with Crippen LogP contribution in [-0.2, 0) is 66.5 Å². The van der Waals surface area contributed by atoms with Crippen molar-refractivity contribution < 1.29 is 38.1 Å². The quantitative estimate of drug-likeness (QED) is 0.0740. The van der Waals surface area contributed by atoms with Gasteiger partial charge in [-0.3, -0.25) is 40.9 Å². The van der Waals surface area contributed by atoms with Crippen molar-refractivity contribution in [3.63, 3.8) is 0 Å². The summed E-state index contributed by atoms with van der Waals surface area (Å²) >= 11 is 0. The zero-order chi connectivity index (χ0) is 63.0. The topological polar surface area (TPSA) is 166 Å². The molecule has 4 aromatic rings. The molecule has 0 radical (unpaired) electrons. The molecule has 0 aromatic heterocycles. The van der Waals surface area contributed by atoms with Crippen LogP contribution in [0.25, 0.3) is 0 Å². The maximum atomic E-state index is 14.2. The SMILES string of the molecule is CC(C)(C)c1cc2c(OCC(=O)NN3CCCCC3)c(c1)Cc1cc(C(C)(C)C)cc(c1OCC(=O)NN1CCCCC1)Cc1cc(C(C)(C)C)cc(c1OCC(=O)NN1CCCCC1)Cc1cc(C(C)(C)C)cc(c1OCC(=O)NN1CCCCC1)C2. The zero-order valence-electron chi connectivity index (χ0n) is 55.5. The Hall–Kier alpha value is -6.20. The van der Waals surface area contributed by atoms with Crippen molar-refractivity contribution >= 4 is 23.6 Å². The molecule has 5 aliphatic rings. The minimum Gasteiger partial charge on any atom is -0.483 e. The van der Waals surface area contributed by atoms with Gasteiger partial charge in [0.2, 0.25) is 0 Å². The second-order valence-corrected chi connectivity index (χ2v) is 29.7. The van der Waals surface area contributed by atoms with E-state index in [1.165, 1.54) is 0 Å². The van der Waals surface area contributed by atoms with Crippen LogP contribution in [0.3, 0.4) is 0 Å². The standard InChI is InChI=1S/C72H104N8O8/c1-69(2,3)57-37-49-33-51-39-58(70(4,5)6)41-53(66(51)86-46-62(82)74-78-27-19-14-20-28-78)35-55-43-60(72(10,11)12)44-56(68(55)88-48-64(84)76-80-31-23-16-24-32-80)36-54-42-59(71(7,8)9)40-52(67(54)87-47-63(83)75-79-29-21-15-22-30-79)34-50(38-57)65(49)85-45-61(81)73-77-25-17-13-18-26-77/h37-44H,13-36,45-48H2,1-12H3,(H,73,81)(H,74,82)(H,75,83)(H,76,84). The third-order valence-electron chi connectivity index (χ3n) is 17.9. The van der Waals surface area contributed by atoms with Crippen LogP contribution in [0.15, 0.2) is 48.5 Å². The number of carbonyl (C=O) groups is 4. The second kappa shape index (κ2) is 28.7. The molecule has 16 nitrogen and oxygen atoms in total. The molecule has 4 aliphatic heterocycles. The van der Waals surface area contributed by atoms with E-state index >= 15 is 0 Å². The summed E-state index contributed by atoms with van der Waals surface area (Å²) in [5.74, 6) is 1.39. The van der Waals surface area contributed by atoms with Crippen LogP contribution < -0.4 is 40.7 Å². The highest BCUT2D eigenvalue weighted by Crippen LogP contribution is 2.45. The smallest absolute Gasteiger partial charge is 0.272 e. The molecule has 0 unspecified atom stereocenters. The molecule has 4 aromatic carbocycles. The lowest BCUT2D eigenvalue weighted by Gasteiger charge is -2.30. The Kier molecular flexibility index (Phi) is 21.6. The van der Waals surface area contributed by atoms with Crippen LogP contribution in [0.5, 0.6) is 23.0 Å². The van der Waals surface area contributed by atoms with Crippen LogP contribution >= 0.6 is 0 Å². The Bertz CT molecular complexity index is 2600. The average Bonchev–Trinajstić information content (AvgIpc) is 1.07. The van der Waals surface area contributed by atoms with Crippen LogP contribution in [0.4, 0.5) is 0 Å². The summed E-state index contributed by atoms with van der Waals surface area (Å²) in [4.78, 5) is 56.8. The maximum absolute atomic E-state index is 14.2. The molecule has 0 saturated carbocycles. The van der Waals surface area contributed by atoms with E-state index in [4.69, 9.17) is 18.9 Å². The van der Waals surface area contributed by atoms with Gasteiger partial charge in [0.1, 0.15) is 23.0 Å². The van der Waals surface area contributed by atoms with E-state index in [1.54, 1.807) is 0 Å². The summed E-state index contributed by atoms with van der Waals surface area (Å²) in [6.45, 7) is 31.9. The summed E-state index contributed by atoms with van der Waals surface area (Å²) in [6, 6.07) is 17.8. The predicted molar refractivity (Wildman–Crippen MR) is 348 cm³/mol. The van der Waals surface area contributed by atoms with E-state index < -0.39 is 0 Å². The van der Waals surface area contributed by atoms with Crippen LogP contribution in [0, 0.1) is 0 Å². The van der Waals surface area contributed by atoms with Gasteiger partial charge >= 0.3 is 0 Å². The summed E-state index contributed by atoms with van der Waals surface area (Å²) in [7, 11) is 0. The Morgan fingerprint density at radius 3 is 0.602 bits per heavy atom. The fourth-order valence-corrected chi connectivity index (χ4v) is 12.8. The predicted octanol–water partition coefficient (Wildman–Crippen LogP) is 11.1. The lowest BCUT2D eigenvalue weighted by atomic mass is 9.79. The van der Waals surface area contributed by atoms with Gasteiger partial charge in [-0.05, 0) is 140 Å². The third-order valence-corrected chi connectivity index (χ3v) is 17.9. The summed E-state index contributed by atoms with van der Waals surface area (Å²) < 4.78 is 28.2. The molecule has 480 valence electrons. The molecule has 4 N–H and O–H groups in total. The number of amides is 4. The second-order valence-electron chi connectivity index (χ2n) is 29.7. The lowest BCUT2D eigenvalue weighted by Crippen LogP contribution is -2.46. The van der Waals surface area contributed by atoms with Gasteiger partial charge in [0.25, 0.3) is 23.6 Å². The first kappa shape index (κ1) is 66.2. The first-order valence-electron chi connectivity index (χ1n) is 33.1. The first-order chi connectivity index (χ1) is 41.7. The van der Waals surface area contributed by atoms with Gasteiger partial charge in [0, 0.05) is 78.0 Å².